The van der Waals surface area contributed by atoms with E-state index in [1.54, 1.807) is 36.4 Å². The van der Waals surface area contributed by atoms with Crippen molar-refractivity contribution in [2.24, 2.45) is 4.99 Å². The molecule has 0 aliphatic heterocycles. The Morgan fingerprint density at radius 2 is 2.04 bits per heavy atom. The van der Waals surface area contributed by atoms with E-state index in [0.29, 0.717) is 21.9 Å². The van der Waals surface area contributed by atoms with Gasteiger partial charge in [0.25, 0.3) is 5.91 Å². The number of halogens is 2. The quantitative estimate of drug-likeness (QED) is 0.646. The fourth-order valence-corrected chi connectivity index (χ4v) is 3.37. The van der Waals surface area contributed by atoms with Crippen molar-refractivity contribution in [1.29, 1.82) is 0 Å². The first kappa shape index (κ1) is 15.6. The van der Waals surface area contributed by atoms with Crippen molar-refractivity contribution in [3.63, 3.8) is 0 Å². The molecule has 23 heavy (non-hydrogen) atoms. The lowest BCUT2D eigenvalue weighted by molar-refractivity contribution is 0.0998. The predicted octanol–water partition coefficient (Wildman–Crippen LogP) is 4.42. The second-order valence-electron chi connectivity index (χ2n) is 4.82. The van der Waals surface area contributed by atoms with Crippen molar-refractivity contribution in [1.82, 2.24) is 4.57 Å². The molecule has 2 aromatic carbocycles. The minimum absolute atomic E-state index is 0.319. The SMILES string of the molecule is C=CCn1c(=NC(=O)c2ccc(Cl)cc2)sc2cc(F)ccc21. The van der Waals surface area contributed by atoms with Crippen molar-refractivity contribution in [3.8, 4) is 0 Å². The maximum Gasteiger partial charge on any atom is 0.279 e. The number of benzene rings is 2. The number of rotatable bonds is 3. The number of allylic oxidation sites excluding steroid dienone is 1. The zero-order chi connectivity index (χ0) is 16.4. The highest BCUT2D eigenvalue weighted by Crippen LogP contribution is 2.19. The number of carbonyl (C=O) groups is 1. The first-order valence-corrected chi connectivity index (χ1v) is 8.02. The summed E-state index contributed by atoms with van der Waals surface area (Å²) in [6, 6.07) is 11.0. The van der Waals surface area contributed by atoms with Crippen molar-refractivity contribution in [2.75, 3.05) is 0 Å². The number of hydrogen-bond donors (Lipinski definition) is 0. The van der Waals surface area contributed by atoms with Crippen LogP contribution in [0.3, 0.4) is 0 Å². The van der Waals surface area contributed by atoms with E-state index in [2.05, 4.69) is 11.6 Å². The molecule has 0 bridgehead atoms. The van der Waals surface area contributed by atoms with Crippen LogP contribution in [0.2, 0.25) is 5.02 Å². The van der Waals surface area contributed by atoms with Gasteiger partial charge in [-0.15, -0.1) is 6.58 Å². The Morgan fingerprint density at radius 1 is 1.30 bits per heavy atom. The van der Waals surface area contributed by atoms with Gasteiger partial charge in [0.05, 0.1) is 10.2 Å². The molecule has 3 aromatic rings. The summed E-state index contributed by atoms with van der Waals surface area (Å²) in [4.78, 5) is 17.0. The molecular weight excluding hydrogens is 335 g/mol. The molecular formula is C17H12ClFN2OS. The fraction of sp³-hybridized carbons (Fsp3) is 0.0588. The smallest absolute Gasteiger partial charge is 0.279 e. The number of fused-ring (bicyclic) bond motifs is 1. The van der Waals surface area contributed by atoms with Crippen LogP contribution in [0.5, 0.6) is 0 Å². The van der Waals surface area contributed by atoms with E-state index in [0.717, 1.165) is 10.2 Å². The van der Waals surface area contributed by atoms with Crippen LogP contribution in [-0.2, 0) is 6.54 Å². The second kappa shape index (κ2) is 6.48. The number of thiazole rings is 1. The van der Waals surface area contributed by atoms with Crippen LogP contribution >= 0.6 is 22.9 Å². The molecule has 0 aliphatic carbocycles. The normalized spacial score (nSPS) is 11.8. The van der Waals surface area contributed by atoms with Gasteiger partial charge in [0, 0.05) is 17.1 Å². The molecule has 0 N–H and O–H groups in total. The Morgan fingerprint density at radius 3 is 2.74 bits per heavy atom. The van der Waals surface area contributed by atoms with E-state index in [-0.39, 0.29) is 11.7 Å². The molecule has 3 nitrogen and oxygen atoms in total. The molecule has 0 saturated carbocycles. The third-order valence-corrected chi connectivity index (χ3v) is 4.54. The molecule has 0 spiro atoms. The van der Waals surface area contributed by atoms with Gasteiger partial charge in [-0.3, -0.25) is 4.79 Å². The summed E-state index contributed by atoms with van der Waals surface area (Å²) in [5.41, 5.74) is 1.27. The third-order valence-electron chi connectivity index (χ3n) is 3.24. The van der Waals surface area contributed by atoms with Crippen LogP contribution in [0.25, 0.3) is 10.2 Å². The predicted molar refractivity (Wildman–Crippen MR) is 91.3 cm³/mol. The van der Waals surface area contributed by atoms with E-state index in [9.17, 15) is 9.18 Å². The molecule has 1 heterocycles. The van der Waals surface area contributed by atoms with Crippen molar-refractivity contribution < 1.29 is 9.18 Å². The fourth-order valence-electron chi connectivity index (χ4n) is 2.18. The van der Waals surface area contributed by atoms with Crippen LogP contribution in [0.1, 0.15) is 10.4 Å². The van der Waals surface area contributed by atoms with Gasteiger partial charge in [-0.05, 0) is 42.5 Å². The Kier molecular flexibility index (Phi) is 4.41. The van der Waals surface area contributed by atoms with Gasteiger partial charge >= 0.3 is 0 Å². The minimum Gasteiger partial charge on any atom is -0.312 e. The van der Waals surface area contributed by atoms with Gasteiger partial charge < -0.3 is 4.57 Å². The summed E-state index contributed by atoms with van der Waals surface area (Å²) in [5.74, 6) is -0.688. The van der Waals surface area contributed by atoms with Crippen molar-refractivity contribution in [2.45, 2.75) is 6.54 Å². The summed E-state index contributed by atoms with van der Waals surface area (Å²) < 4.78 is 16.0. The van der Waals surface area contributed by atoms with E-state index in [1.807, 2.05) is 4.57 Å². The maximum atomic E-state index is 13.4. The van der Waals surface area contributed by atoms with Crippen molar-refractivity contribution >= 4 is 39.1 Å². The summed E-state index contributed by atoms with van der Waals surface area (Å²) in [7, 11) is 0. The van der Waals surface area contributed by atoms with Gasteiger partial charge in [-0.1, -0.05) is 29.0 Å². The first-order chi connectivity index (χ1) is 11.1. The van der Waals surface area contributed by atoms with Crippen molar-refractivity contribution in [3.05, 3.63) is 76.3 Å². The Balaban J connectivity index is 2.13. The van der Waals surface area contributed by atoms with Crippen LogP contribution in [0.15, 0.2) is 60.1 Å². The highest BCUT2D eigenvalue weighted by molar-refractivity contribution is 7.16. The van der Waals surface area contributed by atoms with E-state index in [4.69, 9.17) is 11.6 Å². The lowest BCUT2D eigenvalue weighted by Gasteiger charge is -2.00. The monoisotopic (exact) mass is 346 g/mol. The molecule has 0 radical (unpaired) electrons. The zero-order valence-corrected chi connectivity index (χ0v) is 13.6. The van der Waals surface area contributed by atoms with E-state index < -0.39 is 0 Å². The molecule has 0 fully saturated rings. The second-order valence-corrected chi connectivity index (χ2v) is 6.27. The van der Waals surface area contributed by atoms with Crippen LogP contribution in [0.4, 0.5) is 4.39 Å². The van der Waals surface area contributed by atoms with Gasteiger partial charge in [0.1, 0.15) is 5.82 Å². The van der Waals surface area contributed by atoms with Gasteiger partial charge in [-0.25, -0.2) is 4.39 Å². The highest BCUT2D eigenvalue weighted by Gasteiger charge is 2.09. The van der Waals surface area contributed by atoms with Gasteiger partial charge in [-0.2, -0.15) is 4.99 Å². The topological polar surface area (TPSA) is 34.4 Å². The van der Waals surface area contributed by atoms with E-state index >= 15 is 0 Å². The summed E-state index contributed by atoms with van der Waals surface area (Å²) >= 11 is 7.09. The summed E-state index contributed by atoms with van der Waals surface area (Å²) in [5, 5.41) is 0.556. The van der Waals surface area contributed by atoms with Gasteiger partial charge in [0.2, 0.25) is 0 Å². The molecule has 0 unspecified atom stereocenters. The molecule has 1 amide bonds. The number of carbonyl (C=O) groups excluding carboxylic acids is 1. The number of hydrogen-bond acceptors (Lipinski definition) is 2. The maximum absolute atomic E-state index is 13.4. The zero-order valence-electron chi connectivity index (χ0n) is 12.0. The highest BCUT2D eigenvalue weighted by atomic mass is 35.5. The third kappa shape index (κ3) is 3.25. The molecule has 0 saturated heterocycles. The van der Waals surface area contributed by atoms with E-state index in [1.165, 1.54) is 23.5 Å². The van der Waals surface area contributed by atoms with Crippen LogP contribution < -0.4 is 4.80 Å². The summed E-state index contributed by atoms with van der Waals surface area (Å²) in [6.07, 6.45) is 1.71. The minimum atomic E-state index is -0.369. The Labute approximate surface area is 141 Å². The van der Waals surface area contributed by atoms with Gasteiger partial charge in [0.15, 0.2) is 4.80 Å². The lowest BCUT2D eigenvalue weighted by atomic mass is 10.2. The number of nitrogens with zero attached hydrogens (tertiary/aromatic N) is 2. The largest absolute Gasteiger partial charge is 0.312 e. The van der Waals surface area contributed by atoms with Crippen LogP contribution in [-0.4, -0.2) is 10.5 Å². The molecule has 1 aromatic heterocycles. The molecule has 0 atom stereocenters. The lowest BCUT2D eigenvalue weighted by Crippen LogP contribution is -2.16. The molecule has 3 rings (SSSR count). The Bertz CT molecular complexity index is 957. The molecule has 6 heteroatoms. The molecule has 116 valence electrons. The molecule has 0 aliphatic rings. The standard InChI is InChI=1S/C17H12ClFN2OS/c1-2-9-21-14-8-7-13(19)10-15(14)23-17(21)20-16(22)11-3-5-12(18)6-4-11/h2-8,10H,1,9H2. The Hall–Kier alpha value is -2.24. The number of aromatic nitrogens is 1. The average Bonchev–Trinajstić information content (AvgIpc) is 2.85. The van der Waals surface area contributed by atoms with Crippen LogP contribution in [0, 0.1) is 5.82 Å². The summed E-state index contributed by atoms with van der Waals surface area (Å²) in [6.45, 7) is 4.20. The number of amides is 1. The first-order valence-electron chi connectivity index (χ1n) is 6.83. The average molecular weight is 347 g/mol.